The molecule has 36 heavy (non-hydrogen) atoms. The van der Waals surface area contributed by atoms with Crippen molar-refractivity contribution in [3.8, 4) is 0 Å². The number of hydrogen-bond donors (Lipinski definition) is 0. The zero-order valence-corrected chi connectivity index (χ0v) is 20.1. The van der Waals surface area contributed by atoms with Gasteiger partial charge in [-0.1, -0.05) is 48.5 Å². The molecule has 2 aromatic carbocycles. The fourth-order valence-corrected chi connectivity index (χ4v) is 4.67. The van der Waals surface area contributed by atoms with E-state index < -0.39 is 54.1 Å². The van der Waals surface area contributed by atoms with Gasteiger partial charge in [0.2, 0.25) is 12.1 Å². The Morgan fingerprint density at radius 1 is 0.861 bits per heavy atom. The molecule has 2 heterocycles. The number of rotatable bonds is 8. The van der Waals surface area contributed by atoms with Gasteiger partial charge in [-0.05, 0) is 11.6 Å². The van der Waals surface area contributed by atoms with Gasteiger partial charge in [0.15, 0.2) is 0 Å². The molecule has 4 rings (SSSR count). The lowest BCUT2D eigenvalue weighted by Crippen LogP contribution is -2.73. The first-order chi connectivity index (χ1) is 17.2. The number of carbonyl (C=O) groups excluding carboxylic acids is 5. The maximum absolute atomic E-state index is 13.7. The van der Waals surface area contributed by atoms with E-state index in [1.807, 2.05) is 6.07 Å². The highest BCUT2D eigenvalue weighted by Gasteiger charge is 2.59. The number of amides is 2. The molecule has 0 spiro atoms. The predicted molar refractivity (Wildman–Crippen MR) is 124 cm³/mol. The number of nitrogens with zero attached hydrogens (tertiary/aromatic N) is 2. The van der Waals surface area contributed by atoms with E-state index >= 15 is 0 Å². The number of ether oxygens (including phenoxy) is 3. The smallest absolute Gasteiger partial charge is 0.304 e. The highest BCUT2D eigenvalue weighted by Crippen LogP contribution is 2.43. The van der Waals surface area contributed by atoms with Gasteiger partial charge < -0.3 is 19.1 Å². The summed E-state index contributed by atoms with van der Waals surface area (Å²) in [5.41, 5.74) is 1.49. The Morgan fingerprint density at radius 3 is 2.14 bits per heavy atom. The van der Waals surface area contributed by atoms with Gasteiger partial charge in [0.1, 0.15) is 19.3 Å². The minimum Gasteiger partial charge on any atom is -0.464 e. The van der Waals surface area contributed by atoms with E-state index in [1.165, 1.54) is 30.6 Å². The van der Waals surface area contributed by atoms with E-state index in [2.05, 4.69) is 0 Å². The Labute approximate surface area is 207 Å². The van der Waals surface area contributed by atoms with Crippen LogP contribution in [0.15, 0.2) is 54.6 Å². The van der Waals surface area contributed by atoms with Crippen molar-refractivity contribution >= 4 is 29.7 Å². The maximum atomic E-state index is 13.7. The zero-order chi connectivity index (χ0) is 26.0. The van der Waals surface area contributed by atoms with Crippen molar-refractivity contribution < 1.29 is 38.2 Å². The second-order valence-corrected chi connectivity index (χ2v) is 8.55. The van der Waals surface area contributed by atoms with Crippen molar-refractivity contribution in [2.45, 2.75) is 45.1 Å². The molecule has 0 saturated carbocycles. The SMILES string of the molecule is CC(=O)OC[C@@H](c1ccccc1)N1C(=O)[C@H](N2C(=O)c3ccccc3[C@@H]2OC(C)=O)[C@@H]1COC(C)=O. The molecule has 1 fully saturated rings. The third-order valence-corrected chi connectivity index (χ3v) is 6.17. The van der Waals surface area contributed by atoms with Crippen molar-refractivity contribution in [1.29, 1.82) is 0 Å². The normalized spacial score (nSPS) is 21.4. The van der Waals surface area contributed by atoms with Gasteiger partial charge in [0.05, 0.1) is 12.1 Å². The Balaban J connectivity index is 1.72. The molecule has 0 bridgehead atoms. The first-order valence-electron chi connectivity index (χ1n) is 11.4. The highest BCUT2D eigenvalue weighted by atomic mass is 16.6. The van der Waals surface area contributed by atoms with Crippen LogP contribution in [0.3, 0.4) is 0 Å². The molecule has 0 aliphatic carbocycles. The summed E-state index contributed by atoms with van der Waals surface area (Å²) in [5, 5.41) is 0. The van der Waals surface area contributed by atoms with Crippen LogP contribution in [-0.2, 0) is 33.4 Å². The van der Waals surface area contributed by atoms with Crippen LogP contribution in [0, 0.1) is 0 Å². The van der Waals surface area contributed by atoms with Crippen molar-refractivity contribution in [1.82, 2.24) is 9.80 Å². The molecule has 1 saturated heterocycles. The predicted octanol–water partition coefficient (Wildman–Crippen LogP) is 2.15. The van der Waals surface area contributed by atoms with Crippen LogP contribution in [-0.4, -0.2) is 64.8 Å². The summed E-state index contributed by atoms with van der Waals surface area (Å²) < 4.78 is 16.0. The Kier molecular flexibility index (Phi) is 7.05. The standard InChI is InChI=1S/C26H26N2O8/c1-15(29)34-13-21(18-9-5-4-6-10-18)27-22(14-35-16(2)30)23(25(27)33)28-24(32)19-11-7-8-12-20(19)26(28)36-17(3)31/h4-12,21-23,26H,13-14H2,1-3H3/t21-,22-,23+,26-/m0/s1. The molecule has 2 aromatic rings. The second-order valence-electron chi connectivity index (χ2n) is 8.55. The molecular formula is C26H26N2O8. The molecule has 2 aliphatic rings. The van der Waals surface area contributed by atoms with Crippen molar-refractivity contribution in [3.05, 3.63) is 71.3 Å². The van der Waals surface area contributed by atoms with Gasteiger partial charge in [-0.15, -0.1) is 0 Å². The monoisotopic (exact) mass is 494 g/mol. The summed E-state index contributed by atoms with van der Waals surface area (Å²) in [6.07, 6.45) is -1.11. The van der Waals surface area contributed by atoms with Gasteiger partial charge in [0.25, 0.3) is 5.91 Å². The lowest BCUT2D eigenvalue weighted by Gasteiger charge is -2.53. The van der Waals surface area contributed by atoms with Gasteiger partial charge >= 0.3 is 17.9 Å². The van der Waals surface area contributed by atoms with E-state index in [4.69, 9.17) is 14.2 Å². The summed E-state index contributed by atoms with van der Waals surface area (Å²) in [7, 11) is 0. The lowest BCUT2D eigenvalue weighted by atomic mass is 9.89. The molecule has 2 amide bonds. The minimum atomic E-state index is -1.11. The zero-order valence-electron chi connectivity index (χ0n) is 20.1. The third-order valence-electron chi connectivity index (χ3n) is 6.17. The molecule has 4 atom stereocenters. The summed E-state index contributed by atoms with van der Waals surface area (Å²) in [4.78, 5) is 64.9. The van der Waals surface area contributed by atoms with Gasteiger partial charge in [-0.3, -0.25) is 28.9 Å². The van der Waals surface area contributed by atoms with E-state index in [-0.39, 0.29) is 13.2 Å². The maximum Gasteiger partial charge on any atom is 0.304 e. The number of hydrogen-bond acceptors (Lipinski definition) is 8. The quantitative estimate of drug-likeness (QED) is 0.311. The molecule has 0 unspecified atom stereocenters. The van der Waals surface area contributed by atoms with Gasteiger partial charge in [-0.25, -0.2) is 0 Å². The van der Waals surface area contributed by atoms with Crippen LogP contribution in [0.25, 0.3) is 0 Å². The van der Waals surface area contributed by atoms with Gasteiger partial charge in [0, 0.05) is 31.9 Å². The van der Waals surface area contributed by atoms with E-state index in [1.54, 1.807) is 48.5 Å². The fraction of sp³-hybridized carbons (Fsp3) is 0.346. The third kappa shape index (κ3) is 4.66. The minimum absolute atomic E-state index is 0.129. The Bertz CT molecular complexity index is 1200. The molecule has 0 N–H and O–H groups in total. The molecular weight excluding hydrogens is 468 g/mol. The topological polar surface area (TPSA) is 120 Å². The number of likely N-dealkylation sites (tertiary alicyclic amines) is 1. The van der Waals surface area contributed by atoms with Crippen molar-refractivity contribution in [2.24, 2.45) is 0 Å². The molecule has 10 nitrogen and oxygen atoms in total. The fourth-order valence-electron chi connectivity index (χ4n) is 4.67. The number of β-lactam (4-membered cyclic amide) rings is 1. The largest absolute Gasteiger partial charge is 0.464 e. The number of carbonyl (C=O) groups is 5. The first kappa shape index (κ1) is 24.9. The number of esters is 3. The average Bonchev–Trinajstić information content (AvgIpc) is 3.10. The van der Waals surface area contributed by atoms with Crippen LogP contribution >= 0.6 is 0 Å². The second kappa shape index (κ2) is 10.2. The summed E-state index contributed by atoms with van der Waals surface area (Å²) in [5.74, 6) is -2.62. The van der Waals surface area contributed by atoms with Crippen LogP contribution in [0.2, 0.25) is 0 Å². The van der Waals surface area contributed by atoms with E-state index in [0.29, 0.717) is 16.7 Å². The Morgan fingerprint density at radius 2 is 1.50 bits per heavy atom. The van der Waals surface area contributed by atoms with E-state index in [9.17, 15) is 24.0 Å². The average molecular weight is 495 g/mol. The number of benzene rings is 2. The lowest BCUT2D eigenvalue weighted by molar-refractivity contribution is -0.185. The summed E-state index contributed by atoms with van der Waals surface area (Å²) in [6.45, 7) is 3.40. The van der Waals surface area contributed by atoms with Crippen molar-refractivity contribution in [2.75, 3.05) is 13.2 Å². The molecule has 10 heteroatoms. The van der Waals surface area contributed by atoms with Crippen LogP contribution in [0.1, 0.15) is 54.5 Å². The molecule has 0 radical (unpaired) electrons. The van der Waals surface area contributed by atoms with Crippen LogP contribution < -0.4 is 0 Å². The molecule has 2 aliphatic heterocycles. The highest BCUT2D eigenvalue weighted by molar-refractivity contribution is 6.03. The molecule has 188 valence electrons. The summed E-state index contributed by atoms with van der Waals surface area (Å²) >= 11 is 0. The van der Waals surface area contributed by atoms with Crippen LogP contribution in [0.4, 0.5) is 0 Å². The van der Waals surface area contributed by atoms with Crippen molar-refractivity contribution in [3.63, 3.8) is 0 Å². The first-order valence-corrected chi connectivity index (χ1v) is 11.4. The van der Waals surface area contributed by atoms with Gasteiger partial charge in [-0.2, -0.15) is 0 Å². The number of fused-ring (bicyclic) bond motifs is 1. The Hall–Kier alpha value is -4.21. The summed E-state index contributed by atoms with van der Waals surface area (Å²) in [6, 6.07) is 13.1. The molecule has 0 aromatic heterocycles. The van der Waals surface area contributed by atoms with Crippen LogP contribution in [0.5, 0.6) is 0 Å². The van der Waals surface area contributed by atoms with E-state index in [0.717, 1.165) is 0 Å².